The van der Waals surface area contributed by atoms with Crippen LogP contribution in [0.3, 0.4) is 0 Å². The Balaban J connectivity index is -0.0000000970. The van der Waals surface area contributed by atoms with Crippen molar-refractivity contribution in [3.05, 3.63) is 80.9 Å². The van der Waals surface area contributed by atoms with Crippen molar-refractivity contribution in [3.8, 4) is 24.0 Å². The standard InChI is InChI=1S/C6H11N5.C6H10N4S.C6H9N3O2.C5H8ClN5.C5H7ClN4S.C5H6ClN3O2.3C3Cl3N3.3CH5N.2CH4O.CH4S.6CH4/c1-4-9-5(7-2)11-6(8-3)10-4;1-4-8-5(7-2)10-6(9-4)11-3;1-4-7-5(10-2)9-6(8-4)11-3;1-7-4-9-3(6)10-5(8-2)11-4;1-7-4-8-3(6)9-5(10-4)11-2;1-10-4-7-3(6)8-5(9-4)11-2;3*4-1-7-2(5)9-3(6)8-1;6*1-2;;;;;;/h1-3H3,(H2,7,8,9,10,11);1-3H3,(H,7,8,9,10);1-3H3;1-2H3,(H2,7,8,9,10,11);1-2H3,(H,7,8,9,10);1-2H3;;;;3*2H2,1H3;3*2H,1H3;6*1H4. The van der Waals surface area contributed by atoms with E-state index in [-0.39, 0.29) is 132 Å². The minimum atomic E-state index is 0. The van der Waals surface area contributed by atoms with Crippen molar-refractivity contribution in [1.29, 1.82) is 0 Å². The first-order chi connectivity index (χ1) is 50.1. The molecular weight excluding hydrogens is 1770 g/mol. The SMILES string of the molecule is C.C.C.C.C.C.CN.CN.CN.CNc1nc(C)nc(NC)n1.CNc1nc(C)nc(SC)n1.CNc1nc(Cl)nc(NC)n1.CNc1nc(Cl)nc(SC)n1.CO.CO.COc1nc(C)nc(OC)n1.COc1nc(Cl)nc(OC)n1.CS.Clc1nc(Cl)nc(Cl)n1.Clc1nc(Cl)nc(Cl)n1.Clc1nc(Cl)nc(Cl)n1. The molecule has 0 amide bonds. The predicted molar refractivity (Wildman–Crippen MR) is 462 cm³/mol. The zero-order valence-electron chi connectivity index (χ0n) is 59.6. The van der Waals surface area contributed by atoms with Crippen LogP contribution in [0.1, 0.15) is 62.0 Å². The number of aliphatic hydroxyl groups excluding tert-OH is 2. The molecule has 0 bridgehead atoms. The van der Waals surface area contributed by atoms with Gasteiger partial charge in [0.15, 0.2) is 10.3 Å². The van der Waals surface area contributed by atoms with Crippen molar-refractivity contribution in [2.24, 2.45) is 17.2 Å². The zero-order valence-corrected chi connectivity index (χ0v) is 71.2. The highest BCUT2D eigenvalue weighted by molar-refractivity contribution is 7.98. The van der Waals surface area contributed by atoms with Gasteiger partial charge in [-0.3, -0.25) is 0 Å². The normalized spacial score (nSPS) is 8.32. The summed E-state index contributed by atoms with van der Waals surface area (Å²) in [6.45, 7) is 5.42. The van der Waals surface area contributed by atoms with Crippen LogP contribution < -0.4 is 68.0 Å². The molecule has 57 heteroatoms. The third-order valence-electron chi connectivity index (χ3n) is 8.04. The summed E-state index contributed by atoms with van der Waals surface area (Å²) >= 11 is 71.0. The molecule has 0 saturated carbocycles. The number of anilines is 6. The maximum Gasteiger partial charge on any atom is 0.323 e. The van der Waals surface area contributed by atoms with Crippen molar-refractivity contribution >= 4 is 211 Å². The quantitative estimate of drug-likeness (QED) is 0.0399. The van der Waals surface area contributed by atoms with Gasteiger partial charge in [-0.1, -0.05) is 68.1 Å². The lowest BCUT2D eigenvalue weighted by Crippen LogP contribution is -2.04. The van der Waals surface area contributed by atoms with Crippen LogP contribution in [0.25, 0.3) is 0 Å². The van der Waals surface area contributed by atoms with Crippen LogP contribution in [0, 0.1) is 20.8 Å². The average Bonchev–Trinajstić information content (AvgIpc) is 0.900. The smallest absolute Gasteiger partial charge is 0.323 e. The van der Waals surface area contributed by atoms with Gasteiger partial charge in [-0.2, -0.15) is 132 Å². The number of aliphatic hydroxyl groups is 2. The summed E-state index contributed by atoms with van der Waals surface area (Å²) in [5.41, 5.74) is 13.5. The molecule has 9 aromatic rings. The van der Waals surface area contributed by atoms with Gasteiger partial charge >= 0.3 is 24.0 Å². The van der Waals surface area contributed by atoms with Crippen molar-refractivity contribution in [1.82, 2.24) is 135 Å². The Bertz CT molecular complexity index is 2910. The van der Waals surface area contributed by atoms with Crippen molar-refractivity contribution in [2.75, 3.05) is 157 Å². The average molecular weight is 1870 g/mol. The molecule has 9 rings (SSSR count). The Hall–Kier alpha value is -6.58. The monoisotopic (exact) mass is 1870 g/mol. The summed E-state index contributed by atoms with van der Waals surface area (Å²) in [7, 11) is 22.9. The number of thioether (sulfide) groups is 2. The maximum absolute atomic E-state index is 7.00. The number of halogens is 12. The van der Waals surface area contributed by atoms with Gasteiger partial charge in [-0.15, -0.1) is 9.97 Å². The molecule has 0 unspecified atom stereocenters. The summed E-state index contributed by atoms with van der Waals surface area (Å²) in [5.74, 6) is 5.22. The predicted octanol–water partition coefficient (Wildman–Crippen LogP) is 11.6. The molecule has 0 atom stereocenters. The van der Waals surface area contributed by atoms with Crippen molar-refractivity contribution < 1.29 is 29.2 Å². The molecular formula is C54H102Cl12N36O6S3. The van der Waals surface area contributed by atoms with Gasteiger partial charge in [0.25, 0.3) is 0 Å². The Morgan fingerprint density at radius 2 is 0.414 bits per heavy atom. The highest BCUT2D eigenvalue weighted by Gasteiger charge is 2.07. The molecule has 14 N–H and O–H groups in total. The van der Waals surface area contributed by atoms with Crippen LogP contribution in [-0.4, -0.2) is 270 Å². The van der Waals surface area contributed by atoms with E-state index in [4.69, 9.17) is 168 Å². The minimum absolute atomic E-state index is 0. The Labute approximate surface area is 723 Å². The van der Waals surface area contributed by atoms with E-state index in [9.17, 15) is 0 Å². The Morgan fingerprint density at radius 1 is 0.252 bits per heavy atom. The number of aryl methyl sites for hydroxylation is 3. The van der Waals surface area contributed by atoms with E-state index in [2.05, 4.69) is 196 Å². The number of hydrogen-bond acceptors (Lipinski definition) is 45. The third-order valence-corrected chi connectivity index (χ3v) is 11.2. The molecule has 0 aliphatic heterocycles. The van der Waals surface area contributed by atoms with Crippen LogP contribution in [-0.2, 0) is 0 Å². The summed E-state index contributed by atoms with van der Waals surface area (Å²) in [4.78, 5) is 101. The number of aromatic nitrogens is 27. The number of hydrogen-bond donors (Lipinski definition) is 12. The summed E-state index contributed by atoms with van der Waals surface area (Å²) in [6, 6.07) is 0.826. The Kier molecular flexibility index (Phi) is 99.3. The number of rotatable bonds is 12. The molecule has 0 aliphatic rings. The van der Waals surface area contributed by atoms with E-state index >= 15 is 0 Å². The van der Waals surface area contributed by atoms with Gasteiger partial charge in [0.1, 0.15) is 17.5 Å². The second-order valence-electron chi connectivity index (χ2n) is 14.3. The van der Waals surface area contributed by atoms with Gasteiger partial charge in [0.05, 0.1) is 28.4 Å². The molecule has 0 saturated heterocycles. The molecule has 9 aromatic heterocycles. The number of thiol groups is 1. The maximum atomic E-state index is 7.00. The lowest BCUT2D eigenvalue weighted by Gasteiger charge is -2.01. The van der Waals surface area contributed by atoms with Gasteiger partial charge in [-0.05, 0) is 200 Å². The van der Waals surface area contributed by atoms with Crippen LogP contribution in [0.4, 0.5) is 35.7 Å². The van der Waals surface area contributed by atoms with E-state index < -0.39 is 0 Å². The van der Waals surface area contributed by atoms with Crippen LogP contribution >= 0.6 is 175 Å². The van der Waals surface area contributed by atoms with E-state index in [0.29, 0.717) is 52.5 Å². The highest BCUT2D eigenvalue weighted by atomic mass is 35.5. The fourth-order valence-corrected chi connectivity index (χ4v) is 7.60. The number of nitrogens with two attached hydrogens (primary N) is 3. The molecule has 0 fully saturated rings. The number of ether oxygens (including phenoxy) is 4. The second kappa shape index (κ2) is 84.3. The first-order valence-corrected chi connectivity index (χ1v) is 35.0. The van der Waals surface area contributed by atoms with E-state index in [1.165, 1.54) is 73.1 Å². The molecule has 42 nitrogen and oxygen atoms in total. The summed E-state index contributed by atoms with van der Waals surface area (Å²) < 4.78 is 19.0. The molecule has 9 heterocycles. The molecule has 111 heavy (non-hydrogen) atoms. The number of nitrogens with one attached hydrogen (secondary N) is 6. The van der Waals surface area contributed by atoms with Crippen LogP contribution in [0.2, 0.25) is 63.4 Å². The molecule has 0 spiro atoms. The van der Waals surface area contributed by atoms with Crippen molar-refractivity contribution in [3.63, 3.8) is 0 Å². The van der Waals surface area contributed by atoms with Gasteiger partial charge < -0.3 is 78.3 Å². The lowest BCUT2D eigenvalue weighted by atomic mass is 10.7. The van der Waals surface area contributed by atoms with Crippen LogP contribution in [0.15, 0.2) is 10.3 Å². The zero-order chi connectivity index (χ0) is 82.2. The highest BCUT2D eigenvalue weighted by Crippen LogP contribution is 2.16. The molecule has 0 radical (unpaired) electrons. The van der Waals surface area contributed by atoms with Crippen LogP contribution in [0.5, 0.6) is 24.0 Å². The second-order valence-corrected chi connectivity index (χ2v) is 19.9. The molecule has 636 valence electrons. The van der Waals surface area contributed by atoms with E-state index in [0.717, 1.165) is 25.2 Å². The van der Waals surface area contributed by atoms with Gasteiger partial charge in [0.2, 0.25) is 99.1 Å². The minimum Gasteiger partial charge on any atom is -0.467 e. The van der Waals surface area contributed by atoms with E-state index in [1.807, 2.05) is 26.4 Å². The first kappa shape index (κ1) is 131. The Morgan fingerprint density at radius 3 is 0.640 bits per heavy atom. The first-order valence-electron chi connectivity index (χ1n) is 27.1. The largest absolute Gasteiger partial charge is 0.467 e. The molecule has 0 aromatic carbocycles. The van der Waals surface area contributed by atoms with E-state index in [1.54, 1.807) is 55.5 Å². The number of nitrogens with zero attached hydrogens (tertiary/aromatic N) is 27. The molecule has 0 aliphatic carbocycles. The fraction of sp³-hybridized carbons (Fsp3) is 0.500. The van der Waals surface area contributed by atoms with Gasteiger partial charge in [-0.25, -0.2) is 4.98 Å². The topological polar surface area (TPSA) is 576 Å². The van der Waals surface area contributed by atoms with Gasteiger partial charge in [0, 0.05) is 56.5 Å². The fourth-order valence-electron chi connectivity index (χ4n) is 4.50. The summed E-state index contributed by atoms with van der Waals surface area (Å²) in [6.07, 6.45) is 5.51. The lowest BCUT2D eigenvalue weighted by molar-refractivity contribution is 0.337. The van der Waals surface area contributed by atoms with Crippen molar-refractivity contribution in [2.45, 2.75) is 75.6 Å². The summed E-state index contributed by atoms with van der Waals surface area (Å²) in [5, 5.41) is 32.7. The third kappa shape index (κ3) is 67.6. The number of methoxy groups -OCH3 is 4.